The smallest absolute Gasteiger partial charge is 0.183 e. The van der Waals surface area contributed by atoms with Gasteiger partial charge >= 0.3 is 0 Å². The predicted molar refractivity (Wildman–Crippen MR) is 65.6 cm³/mol. The highest BCUT2D eigenvalue weighted by atomic mass is 19.1. The second kappa shape index (κ2) is 4.76. The normalized spacial score (nSPS) is 18.3. The van der Waals surface area contributed by atoms with Crippen LogP contribution in [0.1, 0.15) is 36.0 Å². The van der Waals surface area contributed by atoms with Gasteiger partial charge in [-0.15, -0.1) is 0 Å². The van der Waals surface area contributed by atoms with Crippen molar-refractivity contribution in [2.75, 3.05) is 14.1 Å². The molecule has 4 heteroatoms. The summed E-state index contributed by atoms with van der Waals surface area (Å²) in [6.07, 6.45) is 3.44. The highest BCUT2D eigenvalue weighted by Crippen LogP contribution is 2.36. The number of rotatable bonds is 3. The van der Waals surface area contributed by atoms with Crippen molar-refractivity contribution in [2.45, 2.75) is 31.2 Å². The van der Waals surface area contributed by atoms with Crippen molar-refractivity contribution in [3.8, 4) is 0 Å². The quantitative estimate of drug-likeness (QED) is 0.772. The zero-order chi connectivity index (χ0) is 13.3. The van der Waals surface area contributed by atoms with Crippen molar-refractivity contribution >= 4 is 5.78 Å². The SMILES string of the molecule is CN(C)C1(C(=O)c2cc(F)cc(F)c2)CCCC1. The Bertz CT molecular complexity index is 445. The summed E-state index contributed by atoms with van der Waals surface area (Å²) in [4.78, 5) is 14.4. The molecular formula is C14H17F2NO. The van der Waals surface area contributed by atoms with Crippen LogP contribution >= 0.6 is 0 Å². The zero-order valence-corrected chi connectivity index (χ0v) is 10.7. The second-order valence-electron chi connectivity index (χ2n) is 5.12. The molecule has 0 unspecified atom stereocenters. The molecule has 98 valence electrons. The number of hydrogen-bond acceptors (Lipinski definition) is 2. The van der Waals surface area contributed by atoms with Gasteiger partial charge in [-0.1, -0.05) is 12.8 Å². The van der Waals surface area contributed by atoms with Gasteiger partial charge in [-0.3, -0.25) is 9.69 Å². The van der Waals surface area contributed by atoms with E-state index in [4.69, 9.17) is 0 Å². The lowest BCUT2D eigenvalue weighted by Crippen LogP contribution is -2.48. The summed E-state index contributed by atoms with van der Waals surface area (Å²) >= 11 is 0. The van der Waals surface area contributed by atoms with E-state index in [-0.39, 0.29) is 11.3 Å². The largest absolute Gasteiger partial charge is 0.297 e. The highest BCUT2D eigenvalue weighted by molar-refractivity contribution is 6.03. The Labute approximate surface area is 106 Å². The first kappa shape index (κ1) is 13.1. The fourth-order valence-electron chi connectivity index (χ4n) is 2.79. The van der Waals surface area contributed by atoms with Gasteiger partial charge in [-0.2, -0.15) is 0 Å². The molecule has 0 spiro atoms. The molecule has 0 aromatic heterocycles. The third-order valence-corrected chi connectivity index (χ3v) is 3.83. The van der Waals surface area contributed by atoms with E-state index in [1.165, 1.54) is 0 Å². The van der Waals surface area contributed by atoms with Crippen molar-refractivity contribution in [2.24, 2.45) is 0 Å². The third-order valence-electron chi connectivity index (χ3n) is 3.83. The maximum absolute atomic E-state index is 13.2. The van der Waals surface area contributed by atoms with Gasteiger partial charge in [0.05, 0.1) is 5.54 Å². The standard InChI is InChI=1S/C14H17F2NO/c1-17(2)14(5-3-4-6-14)13(18)10-7-11(15)9-12(16)8-10/h7-9H,3-6H2,1-2H3. The van der Waals surface area contributed by atoms with Gasteiger partial charge < -0.3 is 0 Å². The van der Waals surface area contributed by atoms with Gasteiger partial charge in [-0.05, 0) is 39.1 Å². The van der Waals surface area contributed by atoms with Crippen molar-refractivity contribution in [1.82, 2.24) is 4.90 Å². The van der Waals surface area contributed by atoms with Crippen molar-refractivity contribution in [3.05, 3.63) is 35.4 Å². The fourth-order valence-corrected chi connectivity index (χ4v) is 2.79. The molecule has 1 aromatic carbocycles. The first-order valence-electron chi connectivity index (χ1n) is 6.14. The highest BCUT2D eigenvalue weighted by Gasteiger charge is 2.43. The molecule has 0 N–H and O–H groups in total. The third kappa shape index (κ3) is 2.17. The molecule has 1 fully saturated rings. The van der Waals surface area contributed by atoms with E-state index < -0.39 is 17.2 Å². The van der Waals surface area contributed by atoms with Crippen LogP contribution in [0, 0.1) is 11.6 Å². The molecular weight excluding hydrogens is 236 g/mol. The second-order valence-corrected chi connectivity index (χ2v) is 5.12. The van der Waals surface area contributed by atoms with Crippen LogP contribution in [0.5, 0.6) is 0 Å². The summed E-state index contributed by atoms with van der Waals surface area (Å²) in [5.74, 6) is -1.58. The van der Waals surface area contributed by atoms with Crippen LogP contribution in [0.2, 0.25) is 0 Å². The zero-order valence-electron chi connectivity index (χ0n) is 10.7. The molecule has 1 aliphatic rings. The summed E-state index contributed by atoms with van der Waals surface area (Å²) in [6.45, 7) is 0. The molecule has 0 bridgehead atoms. The molecule has 0 heterocycles. The molecule has 0 amide bonds. The topological polar surface area (TPSA) is 20.3 Å². The summed E-state index contributed by atoms with van der Waals surface area (Å²) < 4.78 is 26.4. The Kier molecular flexibility index (Phi) is 3.48. The molecule has 0 radical (unpaired) electrons. The lowest BCUT2D eigenvalue weighted by molar-refractivity contribution is 0.0692. The number of Topliss-reactive ketones (excluding diaryl/α,β-unsaturated/α-hetero) is 1. The first-order chi connectivity index (χ1) is 8.45. The van der Waals surface area contributed by atoms with Gasteiger partial charge in [0, 0.05) is 11.6 Å². The van der Waals surface area contributed by atoms with Crippen LogP contribution in [-0.2, 0) is 0 Å². The number of ketones is 1. The van der Waals surface area contributed by atoms with E-state index in [1.54, 1.807) is 0 Å². The van der Waals surface area contributed by atoms with Gasteiger partial charge in [-0.25, -0.2) is 8.78 Å². The van der Waals surface area contributed by atoms with Crippen molar-refractivity contribution in [3.63, 3.8) is 0 Å². The summed E-state index contributed by atoms with van der Waals surface area (Å²) in [7, 11) is 3.69. The predicted octanol–water partition coefficient (Wildman–Crippen LogP) is 3.02. The average molecular weight is 253 g/mol. The van der Waals surface area contributed by atoms with E-state index >= 15 is 0 Å². The van der Waals surface area contributed by atoms with Gasteiger partial charge in [0.2, 0.25) is 0 Å². The number of carbonyl (C=O) groups excluding carboxylic acids is 1. The molecule has 1 saturated carbocycles. The maximum Gasteiger partial charge on any atom is 0.183 e. The Morgan fingerprint density at radius 2 is 1.61 bits per heavy atom. The van der Waals surface area contributed by atoms with E-state index in [0.717, 1.165) is 43.9 Å². The molecule has 0 aliphatic heterocycles. The summed E-state index contributed by atoms with van der Waals surface area (Å²) in [5, 5.41) is 0. The van der Waals surface area contributed by atoms with E-state index in [2.05, 4.69) is 0 Å². The fraction of sp³-hybridized carbons (Fsp3) is 0.500. The van der Waals surface area contributed by atoms with Crippen LogP contribution in [0.4, 0.5) is 8.78 Å². The van der Waals surface area contributed by atoms with Crippen LogP contribution < -0.4 is 0 Å². The summed E-state index contributed by atoms with van der Waals surface area (Å²) in [6, 6.07) is 3.03. The Morgan fingerprint density at radius 1 is 1.11 bits per heavy atom. The minimum atomic E-state index is -0.703. The first-order valence-corrected chi connectivity index (χ1v) is 6.14. The summed E-state index contributed by atoms with van der Waals surface area (Å²) in [5.41, 5.74) is -0.469. The lowest BCUT2D eigenvalue weighted by Gasteiger charge is -2.34. The van der Waals surface area contributed by atoms with Crippen LogP contribution in [0.25, 0.3) is 0 Å². The Hall–Kier alpha value is -1.29. The lowest BCUT2D eigenvalue weighted by atomic mass is 9.86. The Balaban J connectivity index is 2.40. The van der Waals surface area contributed by atoms with E-state index in [0.29, 0.717) is 0 Å². The minimum Gasteiger partial charge on any atom is -0.297 e. The minimum absolute atomic E-state index is 0.128. The maximum atomic E-state index is 13.2. The van der Waals surface area contributed by atoms with Crippen LogP contribution in [0.15, 0.2) is 18.2 Å². The molecule has 1 aliphatic carbocycles. The molecule has 0 atom stereocenters. The molecule has 2 rings (SSSR count). The number of carbonyl (C=O) groups is 1. The van der Waals surface area contributed by atoms with Crippen LogP contribution in [0.3, 0.4) is 0 Å². The molecule has 0 saturated heterocycles. The molecule has 1 aromatic rings. The Morgan fingerprint density at radius 3 is 2.06 bits per heavy atom. The number of likely N-dealkylation sites (N-methyl/N-ethyl adjacent to an activating group) is 1. The molecule has 18 heavy (non-hydrogen) atoms. The van der Waals surface area contributed by atoms with Gasteiger partial charge in [0.1, 0.15) is 11.6 Å². The molecule has 2 nitrogen and oxygen atoms in total. The van der Waals surface area contributed by atoms with Crippen molar-refractivity contribution in [1.29, 1.82) is 0 Å². The number of benzene rings is 1. The number of halogens is 2. The average Bonchev–Trinajstić information content (AvgIpc) is 2.76. The number of nitrogens with zero attached hydrogens (tertiary/aromatic N) is 1. The monoisotopic (exact) mass is 253 g/mol. The van der Waals surface area contributed by atoms with E-state index in [9.17, 15) is 13.6 Å². The number of hydrogen-bond donors (Lipinski definition) is 0. The van der Waals surface area contributed by atoms with Crippen molar-refractivity contribution < 1.29 is 13.6 Å². The van der Waals surface area contributed by atoms with Gasteiger partial charge in [0.15, 0.2) is 5.78 Å². The van der Waals surface area contributed by atoms with Gasteiger partial charge in [0.25, 0.3) is 0 Å². The van der Waals surface area contributed by atoms with E-state index in [1.807, 2.05) is 19.0 Å². The van der Waals surface area contributed by atoms with Crippen LogP contribution in [-0.4, -0.2) is 30.3 Å².